The van der Waals surface area contributed by atoms with E-state index in [0.717, 1.165) is 5.69 Å². The maximum atomic E-state index is 12.5. The standard InChI is InChI=1S/C17H27N7O3/c1-18-17(19-4-3-15(25)22-7-9-27-10-8-22)23-5-6-24(16(26)13-23)14-11-20-21(2)12-14/h11-12H,3-10,13H2,1-2H3,(H,18,19). The Morgan fingerprint density at radius 1 is 1.26 bits per heavy atom. The number of anilines is 1. The van der Waals surface area contributed by atoms with Gasteiger partial charge in [0.05, 0.1) is 25.1 Å². The summed E-state index contributed by atoms with van der Waals surface area (Å²) in [4.78, 5) is 34.4. The molecule has 0 radical (unpaired) electrons. The lowest BCUT2D eigenvalue weighted by atomic mass is 10.3. The molecule has 2 amide bonds. The molecule has 1 aromatic rings. The molecule has 3 rings (SSSR count). The minimum Gasteiger partial charge on any atom is -0.378 e. The van der Waals surface area contributed by atoms with Gasteiger partial charge in [-0.3, -0.25) is 19.3 Å². The summed E-state index contributed by atoms with van der Waals surface area (Å²) in [5.74, 6) is 0.754. The van der Waals surface area contributed by atoms with Crippen LogP contribution in [0.2, 0.25) is 0 Å². The third-order valence-electron chi connectivity index (χ3n) is 4.72. The zero-order chi connectivity index (χ0) is 19.2. The van der Waals surface area contributed by atoms with Gasteiger partial charge in [0.1, 0.15) is 6.54 Å². The fourth-order valence-electron chi connectivity index (χ4n) is 3.26. The van der Waals surface area contributed by atoms with Crippen LogP contribution in [-0.4, -0.2) is 96.9 Å². The monoisotopic (exact) mass is 377 g/mol. The summed E-state index contributed by atoms with van der Waals surface area (Å²) in [7, 11) is 3.51. The second kappa shape index (κ2) is 8.85. The van der Waals surface area contributed by atoms with Crippen molar-refractivity contribution in [2.45, 2.75) is 6.42 Å². The lowest BCUT2D eigenvalue weighted by Crippen LogP contribution is -2.55. The third kappa shape index (κ3) is 4.76. The molecular weight excluding hydrogens is 350 g/mol. The van der Waals surface area contributed by atoms with E-state index in [1.54, 1.807) is 22.8 Å². The molecular formula is C17H27N7O3. The van der Waals surface area contributed by atoms with Crippen molar-refractivity contribution in [1.82, 2.24) is 24.9 Å². The highest BCUT2D eigenvalue weighted by atomic mass is 16.5. The fraction of sp³-hybridized carbons (Fsp3) is 0.647. The number of amides is 2. The summed E-state index contributed by atoms with van der Waals surface area (Å²) >= 11 is 0. The molecule has 0 saturated carbocycles. The number of hydrogen-bond acceptors (Lipinski definition) is 5. The molecule has 2 fully saturated rings. The van der Waals surface area contributed by atoms with Crippen molar-refractivity contribution in [3.8, 4) is 0 Å². The van der Waals surface area contributed by atoms with Crippen LogP contribution in [0.15, 0.2) is 17.4 Å². The van der Waals surface area contributed by atoms with Crippen molar-refractivity contribution in [2.24, 2.45) is 12.0 Å². The van der Waals surface area contributed by atoms with Crippen molar-refractivity contribution in [3.05, 3.63) is 12.4 Å². The molecule has 3 heterocycles. The molecule has 2 saturated heterocycles. The number of rotatable bonds is 4. The van der Waals surface area contributed by atoms with Gasteiger partial charge in [-0.15, -0.1) is 0 Å². The van der Waals surface area contributed by atoms with Crippen LogP contribution in [0.3, 0.4) is 0 Å². The summed E-state index contributed by atoms with van der Waals surface area (Å²) < 4.78 is 6.95. The minimum atomic E-state index is 0.00148. The molecule has 2 aliphatic rings. The van der Waals surface area contributed by atoms with Gasteiger partial charge in [0.25, 0.3) is 0 Å². The van der Waals surface area contributed by atoms with Gasteiger partial charge >= 0.3 is 0 Å². The van der Waals surface area contributed by atoms with Crippen molar-refractivity contribution in [1.29, 1.82) is 0 Å². The highest BCUT2D eigenvalue weighted by Crippen LogP contribution is 2.16. The van der Waals surface area contributed by atoms with Crippen LogP contribution in [-0.2, 0) is 21.4 Å². The van der Waals surface area contributed by atoms with Crippen molar-refractivity contribution >= 4 is 23.5 Å². The van der Waals surface area contributed by atoms with Crippen LogP contribution in [0.5, 0.6) is 0 Å². The van der Waals surface area contributed by atoms with E-state index in [1.807, 2.05) is 23.0 Å². The maximum Gasteiger partial charge on any atom is 0.246 e. The molecule has 27 heavy (non-hydrogen) atoms. The second-order valence-corrected chi connectivity index (χ2v) is 6.56. The van der Waals surface area contributed by atoms with Gasteiger partial charge in [0.2, 0.25) is 11.8 Å². The average Bonchev–Trinajstić information content (AvgIpc) is 3.11. The van der Waals surface area contributed by atoms with Crippen LogP contribution in [0.25, 0.3) is 0 Å². The summed E-state index contributed by atoms with van der Waals surface area (Å²) in [6.07, 6.45) is 3.92. The first kappa shape index (κ1) is 19.2. The number of ether oxygens (including phenoxy) is 1. The Labute approximate surface area is 158 Å². The summed E-state index contributed by atoms with van der Waals surface area (Å²) in [6.45, 7) is 4.46. The summed E-state index contributed by atoms with van der Waals surface area (Å²) in [5, 5.41) is 7.32. The molecule has 1 N–H and O–H groups in total. The number of nitrogens with one attached hydrogen (secondary N) is 1. The minimum absolute atomic E-state index is 0.00148. The predicted molar refractivity (Wildman–Crippen MR) is 101 cm³/mol. The summed E-state index contributed by atoms with van der Waals surface area (Å²) in [5.41, 5.74) is 0.807. The Bertz CT molecular complexity index is 696. The number of morpholine rings is 1. The molecule has 0 bridgehead atoms. The van der Waals surface area contributed by atoms with Crippen LogP contribution in [0.1, 0.15) is 6.42 Å². The maximum absolute atomic E-state index is 12.5. The molecule has 10 nitrogen and oxygen atoms in total. The number of carbonyl (C=O) groups is 2. The van der Waals surface area contributed by atoms with Gasteiger partial charge in [-0.05, 0) is 0 Å². The number of nitrogens with zero attached hydrogens (tertiary/aromatic N) is 6. The first-order valence-electron chi connectivity index (χ1n) is 9.18. The van der Waals surface area contributed by atoms with Crippen LogP contribution in [0, 0.1) is 0 Å². The quantitative estimate of drug-likeness (QED) is 0.528. The Balaban J connectivity index is 1.47. The first-order chi connectivity index (χ1) is 13.1. The van der Waals surface area contributed by atoms with Gasteiger partial charge in [0.15, 0.2) is 5.96 Å². The molecule has 1 aromatic heterocycles. The Hall–Kier alpha value is -2.62. The molecule has 0 aliphatic carbocycles. The van der Waals surface area contributed by atoms with Gasteiger partial charge in [-0.2, -0.15) is 5.10 Å². The van der Waals surface area contributed by atoms with Crippen LogP contribution >= 0.6 is 0 Å². The van der Waals surface area contributed by atoms with E-state index < -0.39 is 0 Å². The highest BCUT2D eigenvalue weighted by molar-refractivity contribution is 5.98. The molecule has 2 aliphatic heterocycles. The lowest BCUT2D eigenvalue weighted by molar-refractivity contribution is -0.135. The van der Waals surface area contributed by atoms with Gasteiger partial charge in [-0.1, -0.05) is 0 Å². The fourth-order valence-corrected chi connectivity index (χ4v) is 3.26. The Morgan fingerprint density at radius 3 is 2.67 bits per heavy atom. The predicted octanol–water partition coefficient (Wildman–Crippen LogP) is -1.11. The van der Waals surface area contributed by atoms with Crippen LogP contribution in [0.4, 0.5) is 5.69 Å². The first-order valence-corrected chi connectivity index (χ1v) is 9.18. The van der Waals surface area contributed by atoms with Crippen LogP contribution < -0.4 is 10.2 Å². The second-order valence-electron chi connectivity index (χ2n) is 6.56. The van der Waals surface area contributed by atoms with E-state index in [1.165, 1.54) is 0 Å². The van der Waals surface area contributed by atoms with E-state index in [9.17, 15) is 9.59 Å². The van der Waals surface area contributed by atoms with Gasteiger partial charge in [-0.25, -0.2) is 0 Å². The van der Waals surface area contributed by atoms with Crippen molar-refractivity contribution in [2.75, 3.05) is 64.4 Å². The molecule has 0 atom stereocenters. The number of hydrogen-bond donors (Lipinski definition) is 1. The summed E-state index contributed by atoms with van der Waals surface area (Å²) in [6, 6.07) is 0. The smallest absolute Gasteiger partial charge is 0.246 e. The molecule has 0 aromatic carbocycles. The van der Waals surface area contributed by atoms with Gasteiger partial charge < -0.3 is 24.8 Å². The highest BCUT2D eigenvalue weighted by Gasteiger charge is 2.27. The number of aryl methyl sites for hydroxylation is 1. The number of aromatic nitrogens is 2. The van der Waals surface area contributed by atoms with E-state index in [0.29, 0.717) is 58.3 Å². The van der Waals surface area contributed by atoms with Gasteiger partial charge in [0, 0.05) is 59.4 Å². The number of aliphatic imine (C=N–C) groups is 1. The number of piperazine rings is 1. The zero-order valence-corrected chi connectivity index (χ0v) is 15.9. The number of carbonyl (C=O) groups excluding carboxylic acids is 2. The SMILES string of the molecule is CN=C(NCCC(=O)N1CCOCC1)N1CCN(c2cnn(C)c2)C(=O)C1. The molecule has 148 valence electrons. The largest absolute Gasteiger partial charge is 0.378 e. The zero-order valence-electron chi connectivity index (χ0n) is 15.9. The molecule has 0 spiro atoms. The van der Waals surface area contributed by atoms with Crippen molar-refractivity contribution < 1.29 is 14.3 Å². The van der Waals surface area contributed by atoms with E-state index in [4.69, 9.17) is 4.74 Å². The Kier molecular flexibility index (Phi) is 6.28. The molecule has 0 unspecified atom stereocenters. The van der Waals surface area contributed by atoms with E-state index in [2.05, 4.69) is 15.4 Å². The average molecular weight is 377 g/mol. The Morgan fingerprint density at radius 2 is 2.04 bits per heavy atom. The van der Waals surface area contributed by atoms with Crippen molar-refractivity contribution in [3.63, 3.8) is 0 Å². The topological polar surface area (TPSA) is 95.3 Å². The lowest BCUT2D eigenvalue weighted by Gasteiger charge is -2.35. The molecule has 10 heteroatoms. The number of guanidine groups is 1. The van der Waals surface area contributed by atoms with E-state index >= 15 is 0 Å². The normalized spacial score (nSPS) is 18.8. The third-order valence-corrected chi connectivity index (χ3v) is 4.72. The van der Waals surface area contributed by atoms with E-state index in [-0.39, 0.29) is 18.4 Å².